The quantitative estimate of drug-likeness (QED) is 0.538. The maximum Gasteiger partial charge on any atom is 0.0435 e. The van der Waals surface area contributed by atoms with E-state index in [0.717, 1.165) is 0 Å². The van der Waals surface area contributed by atoms with Gasteiger partial charge in [0, 0.05) is 18.4 Å². The Hall–Kier alpha value is -0.760. The average Bonchev–Trinajstić information content (AvgIpc) is 2.14. The Morgan fingerprint density at radius 3 is 2.88 bits per heavy atom. The molecule has 0 radical (unpaired) electrons. The molecule has 44 valence electrons. The zero-order valence-electron chi connectivity index (χ0n) is 4.96. The third-order valence-corrected chi connectivity index (χ3v) is 1.08. The van der Waals surface area contributed by atoms with Gasteiger partial charge in [0.1, 0.15) is 0 Å². The third kappa shape index (κ3) is 0.898. The predicted octanol–water partition coefficient (Wildman–Crippen LogP) is 0.852. The van der Waals surface area contributed by atoms with E-state index in [-0.39, 0.29) is 0 Å². The normalized spacial score (nSPS) is 26.6. The van der Waals surface area contributed by atoms with E-state index in [9.17, 15) is 0 Å². The summed E-state index contributed by atoms with van der Waals surface area (Å²) < 4.78 is 0. The van der Waals surface area contributed by atoms with Crippen molar-refractivity contribution in [2.45, 2.75) is 13.0 Å². The molecule has 1 heterocycles. The Kier molecular flexibility index (Phi) is 1.35. The molecule has 0 aromatic rings. The second-order valence-corrected chi connectivity index (χ2v) is 1.85. The van der Waals surface area contributed by atoms with Crippen LogP contribution in [0, 0.1) is 0 Å². The SMILES string of the molecule is C=CN1C=CC(C)N1. The molecule has 1 N–H and O–H groups in total. The summed E-state index contributed by atoms with van der Waals surface area (Å²) in [5.74, 6) is 0. The summed E-state index contributed by atoms with van der Waals surface area (Å²) >= 11 is 0. The molecular weight excluding hydrogens is 100 g/mol. The van der Waals surface area contributed by atoms with E-state index >= 15 is 0 Å². The average molecular weight is 110 g/mol. The molecule has 1 unspecified atom stereocenters. The second kappa shape index (κ2) is 2.01. The summed E-state index contributed by atoms with van der Waals surface area (Å²) in [5.41, 5.74) is 3.11. The number of nitrogens with one attached hydrogen (secondary N) is 1. The van der Waals surface area contributed by atoms with Crippen molar-refractivity contribution >= 4 is 0 Å². The van der Waals surface area contributed by atoms with Gasteiger partial charge < -0.3 is 0 Å². The van der Waals surface area contributed by atoms with Crippen LogP contribution in [0.4, 0.5) is 0 Å². The van der Waals surface area contributed by atoms with Crippen molar-refractivity contribution in [3.8, 4) is 0 Å². The van der Waals surface area contributed by atoms with Crippen molar-refractivity contribution in [3.05, 3.63) is 25.1 Å². The first-order valence-electron chi connectivity index (χ1n) is 2.68. The van der Waals surface area contributed by atoms with Crippen LogP contribution in [0.3, 0.4) is 0 Å². The fourth-order valence-corrected chi connectivity index (χ4v) is 0.657. The topological polar surface area (TPSA) is 15.3 Å². The molecule has 2 nitrogen and oxygen atoms in total. The van der Waals surface area contributed by atoms with Gasteiger partial charge in [-0.25, -0.2) is 5.43 Å². The van der Waals surface area contributed by atoms with Crippen molar-refractivity contribution in [3.63, 3.8) is 0 Å². The lowest BCUT2D eigenvalue weighted by Gasteiger charge is -2.10. The van der Waals surface area contributed by atoms with E-state index in [4.69, 9.17) is 0 Å². The van der Waals surface area contributed by atoms with Crippen LogP contribution in [0.15, 0.2) is 25.1 Å². The second-order valence-electron chi connectivity index (χ2n) is 1.85. The molecule has 1 atom stereocenters. The molecule has 0 fully saturated rings. The third-order valence-electron chi connectivity index (χ3n) is 1.08. The summed E-state index contributed by atoms with van der Waals surface area (Å²) in [4.78, 5) is 0. The van der Waals surface area contributed by atoms with Gasteiger partial charge in [-0.2, -0.15) is 0 Å². The highest BCUT2D eigenvalue weighted by molar-refractivity contribution is 4.99. The summed E-state index contributed by atoms with van der Waals surface area (Å²) in [7, 11) is 0. The van der Waals surface area contributed by atoms with Gasteiger partial charge in [-0.15, -0.1) is 0 Å². The number of rotatable bonds is 1. The van der Waals surface area contributed by atoms with Gasteiger partial charge in [0.2, 0.25) is 0 Å². The molecular formula is C6H10N2. The van der Waals surface area contributed by atoms with Crippen molar-refractivity contribution < 1.29 is 0 Å². The molecule has 0 bridgehead atoms. The maximum absolute atomic E-state index is 3.59. The minimum absolute atomic E-state index is 0.452. The Labute approximate surface area is 49.5 Å². The lowest BCUT2D eigenvalue weighted by molar-refractivity contribution is 0.378. The Morgan fingerprint density at radius 1 is 1.88 bits per heavy atom. The zero-order chi connectivity index (χ0) is 5.98. The zero-order valence-corrected chi connectivity index (χ0v) is 4.96. The molecule has 0 aromatic heterocycles. The first kappa shape index (κ1) is 5.38. The highest BCUT2D eigenvalue weighted by atomic mass is 15.5. The molecule has 0 spiro atoms. The van der Waals surface area contributed by atoms with Gasteiger partial charge in [-0.1, -0.05) is 6.58 Å². The van der Waals surface area contributed by atoms with E-state index < -0.39 is 0 Å². The van der Waals surface area contributed by atoms with Gasteiger partial charge in [0.05, 0.1) is 0 Å². The van der Waals surface area contributed by atoms with Gasteiger partial charge in [-0.3, -0.25) is 5.01 Å². The Balaban J connectivity index is 2.45. The van der Waals surface area contributed by atoms with Crippen LogP contribution in [-0.4, -0.2) is 11.1 Å². The minimum Gasteiger partial charge on any atom is -0.292 e. The maximum atomic E-state index is 3.59. The molecule has 0 aliphatic carbocycles. The number of nitrogens with zero attached hydrogens (tertiary/aromatic N) is 1. The largest absolute Gasteiger partial charge is 0.292 e. The summed E-state index contributed by atoms with van der Waals surface area (Å²) in [5, 5.41) is 1.84. The molecule has 0 amide bonds. The van der Waals surface area contributed by atoms with Crippen molar-refractivity contribution in [2.24, 2.45) is 0 Å². The predicted molar refractivity (Wildman–Crippen MR) is 33.8 cm³/mol. The highest BCUT2D eigenvalue weighted by Gasteiger charge is 2.04. The van der Waals surface area contributed by atoms with Crippen LogP contribution < -0.4 is 5.43 Å². The number of hydrogen-bond donors (Lipinski definition) is 1. The van der Waals surface area contributed by atoms with Crippen molar-refractivity contribution in [2.75, 3.05) is 0 Å². The number of hydrazine groups is 1. The number of hydrogen-bond acceptors (Lipinski definition) is 2. The Bertz CT molecular complexity index is 118. The van der Waals surface area contributed by atoms with Crippen molar-refractivity contribution in [1.29, 1.82) is 0 Å². The Morgan fingerprint density at radius 2 is 2.62 bits per heavy atom. The van der Waals surface area contributed by atoms with Gasteiger partial charge in [0.25, 0.3) is 0 Å². The first-order chi connectivity index (χ1) is 3.83. The van der Waals surface area contributed by atoms with Crippen LogP contribution >= 0.6 is 0 Å². The van der Waals surface area contributed by atoms with E-state index in [1.807, 2.05) is 11.2 Å². The van der Waals surface area contributed by atoms with Gasteiger partial charge in [-0.05, 0) is 13.0 Å². The van der Waals surface area contributed by atoms with Crippen LogP contribution in [0.1, 0.15) is 6.92 Å². The minimum atomic E-state index is 0.452. The summed E-state index contributed by atoms with van der Waals surface area (Å²) in [6, 6.07) is 0.452. The van der Waals surface area contributed by atoms with E-state index in [1.165, 1.54) is 0 Å². The fourth-order valence-electron chi connectivity index (χ4n) is 0.657. The first-order valence-corrected chi connectivity index (χ1v) is 2.68. The summed E-state index contributed by atoms with van der Waals surface area (Å²) in [6.45, 7) is 5.67. The monoisotopic (exact) mass is 110 g/mol. The molecule has 1 rings (SSSR count). The molecule has 2 heteroatoms. The van der Waals surface area contributed by atoms with Gasteiger partial charge >= 0.3 is 0 Å². The molecule has 0 aromatic carbocycles. The van der Waals surface area contributed by atoms with Crippen LogP contribution in [-0.2, 0) is 0 Å². The fraction of sp³-hybridized carbons (Fsp3) is 0.333. The lowest BCUT2D eigenvalue weighted by atomic mass is 10.4. The van der Waals surface area contributed by atoms with E-state index in [1.54, 1.807) is 6.20 Å². The van der Waals surface area contributed by atoms with Crippen LogP contribution in [0.2, 0.25) is 0 Å². The van der Waals surface area contributed by atoms with Crippen LogP contribution in [0.5, 0.6) is 0 Å². The van der Waals surface area contributed by atoms with Crippen LogP contribution in [0.25, 0.3) is 0 Å². The molecule has 1 aliphatic heterocycles. The lowest BCUT2D eigenvalue weighted by Crippen LogP contribution is -2.28. The molecule has 1 aliphatic rings. The van der Waals surface area contributed by atoms with E-state index in [2.05, 4.69) is 25.0 Å². The van der Waals surface area contributed by atoms with Gasteiger partial charge in [0.15, 0.2) is 0 Å². The smallest absolute Gasteiger partial charge is 0.0435 e. The van der Waals surface area contributed by atoms with E-state index in [0.29, 0.717) is 6.04 Å². The standard InChI is InChI=1S/C6H10N2/c1-3-8-5-4-6(2)7-8/h3-7H,1H2,2H3. The van der Waals surface area contributed by atoms with Crippen molar-refractivity contribution in [1.82, 2.24) is 10.4 Å². The molecule has 0 saturated heterocycles. The molecule has 0 saturated carbocycles. The highest BCUT2D eigenvalue weighted by Crippen LogP contribution is 1.98. The molecule has 8 heavy (non-hydrogen) atoms. The summed E-state index contributed by atoms with van der Waals surface area (Å²) in [6.07, 6.45) is 5.76.